The Balaban J connectivity index is 2.88. The Labute approximate surface area is 81.0 Å². The highest BCUT2D eigenvalue weighted by atomic mass is 16.5. The lowest BCUT2D eigenvalue weighted by Gasteiger charge is -1.93. The molecule has 0 aliphatic heterocycles. The van der Waals surface area contributed by atoms with Crippen molar-refractivity contribution in [3.63, 3.8) is 0 Å². The minimum atomic E-state index is -0.134. The van der Waals surface area contributed by atoms with Gasteiger partial charge in [-0.3, -0.25) is 9.78 Å². The summed E-state index contributed by atoms with van der Waals surface area (Å²) in [7, 11) is 1.49. The standard InChI is InChI=1S/C11H9NO2/c1-14-11-7-8-3-2-6-12-9(8)4-5-10(11)13/h2-7H,1H3. The third kappa shape index (κ3) is 1.44. The highest BCUT2D eigenvalue weighted by Gasteiger charge is 1.98. The molecule has 3 heteroatoms. The molecule has 0 spiro atoms. The molecule has 0 saturated carbocycles. The highest BCUT2D eigenvalue weighted by Crippen LogP contribution is 2.12. The van der Waals surface area contributed by atoms with Gasteiger partial charge in [0.1, 0.15) is 0 Å². The van der Waals surface area contributed by atoms with Crippen LogP contribution in [0.4, 0.5) is 0 Å². The van der Waals surface area contributed by atoms with E-state index in [0.29, 0.717) is 5.75 Å². The number of pyridine rings is 1. The van der Waals surface area contributed by atoms with E-state index in [0.717, 1.165) is 10.9 Å². The molecular formula is C11H9NO2. The largest absolute Gasteiger partial charge is 0.493 e. The van der Waals surface area contributed by atoms with Gasteiger partial charge in [0, 0.05) is 11.6 Å². The van der Waals surface area contributed by atoms with E-state index < -0.39 is 0 Å². The van der Waals surface area contributed by atoms with Crippen molar-refractivity contribution in [1.29, 1.82) is 0 Å². The molecule has 0 saturated heterocycles. The maximum atomic E-state index is 11.4. The van der Waals surface area contributed by atoms with Crippen molar-refractivity contribution in [1.82, 2.24) is 4.98 Å². The van der Waals surface area contributed by atoms with Crippen LogP contribution in [-0.2, 0) is 0 Å². The average molecular weight is 187 g/mol. The van der Waals surface area contributed by atoms with E-state index in [2.05, 4.69) is 4.98 Å². The topological polar surface area (TPSA) is 39.2 Å². The first kappa shape index (κ1) is 8.69. The zero-order valence-electron chi connectivity index (χ0n) is 7.73. The normalized spacial score (nSPS) is 10.1. The lowest BCUT2D eigenvalue weighted by Crippen LogP contribution is -1.99. The van der Waals surface area contributed by atoms with Gasteiger partial charge >= 0.3 is 0 Å². The van der Waals surface area contributed by atoms with Crippen LogP contribution in [-0.4, -0.2) is 12.1 Å². The Morgan fingerprint density at radius 1 is 1.29 bits per heavy atom. The maximum absolute atomic E-state index is 11.4. The minimum absolute atomic E-state index is 0.134. The Morgan fingerprint density at radius 2 is 2.14 bits per heavy atom. The lowest BCUT2D eigenvalue weighted by atomic mass is 10.3. The molecule has 70 valence electrons. The van der Waals surface area contributed by atoms with Gasteiger partial charge in [0.2, 0.25) is 5.43 Å². The third-order valence-electron chi connectivity index (χ3n) is 2.01. The molecule has 2 aromatic rings. The highest BCUT2D eigenvalue weighted by molar-refractivity contribution is 5.78. The van der Waals surface area contributed by atoms with Crippen molar-refractivity contribution in [3.8, 4) is 5.75 Å². The van der Waals surface area contributed by atoms with Crippen LogP contribution in [0.25, 0.3) is 10.9 Å². The Morgan fingerprint density at radius 3 is 2.93 bits per heavy atom. The molecular weight excluding hydrogens is 178 g/mol. The third-order valence-corrected chi connectivity index (χ3v) is 2.01. The maximum Gasteiger partial charge on any atom is 0.220 e. The zero-order valence-corrected chi connectivity index (χ0v) is 7.73. The molecule has 0 unspecified atom stereocenters. The van der Waals surface area contributed by atoms with E-state index in [9.17, 15) is 4.79 Å². The smallest absolute Gasteiger partial charge is 0.220 e. The molecule has 1 aromatic heterocycles. The van der Waals surface area contributed by atoms with E-state index in [1.54, 1.807) is 18.3 Å². The van der Waals surface area contributed by atoms with E-state index in [-0.39, 0.29) is 5.43 Å². The predicted octanol–water partition coefficient (Wildman–Crippen LogP) is 1.60. The molecule has 0 atom stereocenters. The molecule has 3 nitrogen and oxygen atoms in total. The summed E-state index contributed by atoms with van der Waals surface area (Å²) in [4.78, 5) is 15.5. The summed E-state index contributed by atoms with van der Waals surface area (Å²) in [5.41, 5.74) is 0.651. The molecule has 0 bridgehead atoms. The number of rotatable bonds is 1. The predicted molar refractivity (Wildman–Crippen MR) is 54.6 cm³/mol. The Hall–Kier alpha value is -1.90. The molecule has 2 rings (SSSR count). The second-order valence-corrected chi connectivity index (χ2v) is 2.89. The Kier molecular flexibility index (Phi) is 2.14. The summed E-state index contributed by atoms with van der Waals surface area (Å²) in [5.74, 6) is 0.341. The van der Waals surface area contributed by atoms with Gasteiger partial charge in [-0.1, -0.05) is 6.07 Å². The molecule has 0 fully saturated rings. The van der Waals surface area contributed by atoms with Crippen LogP contribution in [0.5, 0.6) is 5.75 Å². The van der Waals surface area contributed by atoms with Crippen LogP contribution in [0, 0.1) is 0 Å². The van der Waals surface area contributed by atoms with E-state index in [1.165, 1.54) is 13.2 Å². The van der Waals surface area contributed by atoms with Crippen molar-refractivity contribution < 1.29 is 4.74 Å². The summed E-state index contributed by atoms with van der Waals surface area (Å²) in [6, 6.07) is 8.58. The number of hydrogen-bond acceptors (Lipinski definition) is 3. The van der Waals surface area contributed by atoms with Gasteiger partial charge in [-0.15, -0.1) is 0 Å². The van der Waals surface area contributed by atoms with Crippen molar-refractivity contribution in [2.75, 3.05) is 7.11 Å². The van der Waals surface area contributed by atoms with Crippen LogP contribution in [0.1, 0.15) is 0 Å². The fourth-order valence-corrected chi connectivity index (χ4v) is 1.30. The molecule has 14 heavy (non-hydrogen) atoms. The Bertz CT molecular complexity index is 523. The number of methoxy groups -OCH3 is 1. The van der Waals surface area contributed by atoms with Crippen molar-refractivity contribution in [2.45, 2.75) is 0 Å². The fourth-order valence-electron chi connectivity index (χ4n) is 1.30. The second-order valence-electron chi connectivity index (χ2n) is 2.89. The molecule has 1 heterocycles. The van der Waals surface area contributed by atoms with E-state index >= 15 is 0 Å². The molecule has 0 aliphatic rings. The number of fused-ring (bicyclic) bond motifs is 1. The van der Waals surface area contributed by atoms with Gasteiger partial charge in [0.05, 0.1) is 12.6 Å². The summed E-state index contributed by atoms with van der Waals surface area (Å²) < 4.78 is 4.97. The van der Waals surface area contributed by atoms with Gasteiger partial charge in [-0.25, -0.2) is 0 Å². The zero-order chi connectivity index (χ0) is 9.97. The van der Waals surface area contributed by atoms with Crippen molar-refractivity contribution in [2.24, 2.45) is 0 Å². The number of ether oxygens (including phenoxy) is 1. The molecule has 0 amide bonds. The molecule has 0 N–H and O–H groups in total. The number of hydrogen-bond donors (Lipinski definition) is 0. The summed E-state index contributed by atoms with van der Waals surface area (Å²) in [5, 5.41) is 0.895. The minimum Gasteiger partial charge on any atom is -0.493 e. The molecule has 1 aromatic carbocycles. The van der Waals surface area contributed by atoms with Gasteiger partial charge < -0.3 is 4.74 Å². The fraction of sp³-hybridized carbons (Fsp3) is 0.0909. The van der Waals surface area contributed by atoms with Crippen LogP contribution in [0.15, 0.2) is 41.3 Å². The van der Waals surface area contributed by atoms with Crippen LogP contribution >= 0.6 is 0 Å². The monoisotopic (exact) mass is 187 g/mol. The summed E-state index contributed by atoms with van der Waals surface area (Å²) in [6.07, 6.45) is 1.69. The average Bonchev–Trinajstić information content (AvgIpc) is 2.38. The molecule has 0 radical (unpaired) electrons. The number of aromatic nitrogens is 1. The van der Waals surface area contributed by atoms with Crippen LogP contribution < -0.4 is 10.2 Å². The lowest BCUT2D eigenvalue weighted by molar-refractivity contribution is 0.412. The first-order valence-corrected chi connectivity index (χ1v) is 4.24. The summed E-state index contributed by atoms with van der Waals surface area (Å²) in [6.45, 7) is 0. The van der Waals surface area contributed by atoms with Crippen LogP contribution in [0.3, 0.4) is 0 Å². The van der Waals surface area contributed by atoms with Gasteiger partial charge in [0.25, 0.3) is 0 Å². The molecule has 0 aliphatic carbocycles. The number of nitrogens with zero attached hydrogens (tertiary/aromatic N) is 1. The van der Waals surface area contributed by atoms with E-state index in [1.807, 2.05) is 12.1 Å². The second kappa shape index (κ2) is 3.46. The SMILES string of the molecule is COc1cc2cccnc2ccc1=O. The van der Waals surface area contributed by atoms with Crippen molar-refractivity contribution >= 4 is 10.9 Å². The van der Waals surface area contributed by atoms with Crippen molar-refractivity contribution in [3.05, 3.63) is 46.8 Å². The van der Waals surface area contributed by atoms with E-state index in [4.69, 9.17) is 4.74 Å². The first-order valence-electron chi connectivity index (χ1n) is 4.24. The van der Waals surface area contributed by atoms with Gasteiger partial charge in [-0.2, -0.15) is 0 Å². The quantitative estimate of drug-likeness (QED) is 0.680. The van der Waals surface area contributed by atoms with Crippen LogP contribution in [0.2, 0.25) is 0 Å². The first-order chi connectivity index (χ1) is 6.81. The van der Waals surface area contributed by atoms with Gasteiger partial charge in [-0.05, 0) is 24.3 Å². The summed E-state index contributed by atoms with van der Waals surface area (Å²) >= 11 is 0. The van der Waals surface area contributed by atoms with Gasteiger partial charge in [0.15, 0.2) is 5.75 Å².